The van der Waals surface area contributed by atoms with Crippen LogP contribution in [0.2, 0.25) is 0 Å². The fourth-order valence-corrected chi connectivity index (χ4v) is 3.95. The minimum Gasteiger partial charge on any atom is -0.330 e. The second-order valence-electron chi connectivity index (χ2n) is 6.49. The molecule has 1 saturated heterocycles. The number of anilines is 1. The van der Waals surface area contributed by atoms with E-state index in [0.717, 1.165) is 38.0 Å². The molecule has 1 amide bonds. The van der Waals surface area contributed by atoms with Crippen LogP contribution in [0.5, 0.6) is 0 Å². The van der Waals surface area contributed by atoms with E-state index in [1.165, 1.54) is 16.9 Å². The quantitative estimate of drug-likeness (QED) is 0.764. The van der Waals surface area contributed by atoms with Crippen molar-refractivity contribution in [1.82, 2.24) is 19.4 Å². The lowest BCUT2D eigenvalue weighted by Crippen LogP contribution is -2.39. The van der Waals surface area contributed by atoms with Crippen LogP contribution in [0.25, 0.3) is 11.0 Å². The highest BCUT2D eigenvalue weighted by molar-refractivity contribution is 7.13. The van der Waals surface area contributed by atoms with Gasteiger partial charge in [-0.3, -0.25) is 9.69 Å². The van der Waals surface area contributed by atoms with Crippen molar-refractivity contribution >= 4 is 33.4 Å². The number of aromatic nitrogens is 3. The summed E-state index contributed by atoms with van der Waals surface area (Å²) >= 11 is 1.45. The number of likely N-dealkylation sites (tertiary alicyclic amines) is 1. The lowest BCUT2D eigenvalue weighted by atomic mass is 9.96. The van der Waals surface area contributed by atoms with E-state index in [2.05, 4.69) is 43.0 Å². The number of carbonyl (C=O) groups excluding carboxylic acids is 1. The molecule has 0 spiro atoms. The van der Waals surface area contributed by atoms with Crippen LogP contribution in [0.1, 0.15) is 12.8 Å². The molecular weight excluding hydrogens is 334 g/mol. The molecule has 0 aliphatic carbocycles. The number of nitrogens with zero attached hydrogens (tertiary/aromatic N) is 4. The molecule has 0 radical (unpaired) electrons. The summed E-state index contributed by atoms with van der Waals surface area (Å²) in [4.78, 5) is 22.8. The smallest absolute Gasteiger partial charge is 0.240 e. The lowest BCUT2D eigenvalue weighted by Gasteiger charge is -2.31. The van der Waals surface area contributed by atoms with E-state index in [9.17, 15) is 4.79 Å². The zero-order valence-electron chi connectivity index (χ0n) is 14.0. The number of piperidine rings is 1. The van der Waals surface area contributed by atoms with Crippen LogP contribution in [0, 0.1) is 5.92 Å². The Morgan fingerprint density at radius 1 is 1.24 bits per heavy atom. The number of imidazole rings is 1. The number of thiazole rings is 1. The molecule has 1 fully saturated rings. The van der Waals surface area contributed by atoms with Crippen LogP contribution in [0.15, 0.2) is 42.2 Å². The molecule has 0 atom stereocenters. The van der Waals surface area contributed by atoms with Crippen LogP contribution < -0.4 is 5.32 Å². The number of rotatable bonds is 5. The first-order valence-electron chi connectivity index (χ1n) is 8.59. The van der Waals surface area contributed by atoms with Crippen molar-refractivity contribution in [3.8, 4) is 0 Å². The van der Waals surface area contributed by atoms with E-state index in [0.29, 0.717) is 17.6 Å². The Kier molecular flexibility index (Phi) is 4.76. The standard InChI is InChI=1S/C18H21N5OS/c24-17(21-18-19-7-10-25-18)12-22-8-5-14(6-9-22)11-23-13-20-15-3-1-2-4-16(15)23/h1-4,7,10,13-14H,5-6,8-9,11-12H2,(H,19,21,24). The second kappa shape index (κ2) is 7.33. The number of hydrogen-bond acceptors (Lipinski definition) is 5. The number of nitrogens with one attached hydrogen (secondary N) is 1. The summed E-state index contributed by atoms with van der Waals surface area (Å²) in [5, 5.41) is 5.39. The van der Waals surface area contributed by atoms with Crippen LogP contribution in [-0.4, -0.2) is 45.0 Å². The third-order valence-electron chi connectivity index (χ3n) is 4.74. The first-order valence-corrected chi connectivity index (χ1v) is 9.47. The summed E-state index contributed by atoms with van der Waals surface area (Å²) in [6.45, 7) is 3.37. The topological polar surface area (TPSA) is 63.1 Å². The van der Waals surface area contributed by atoms with Gasteiger partial charge in [0.25, 0.3) is 0 Å². The maximum atomic E-state index is 12.1. The fourth-order valence-electron chi connectivity index (χ4n) is 3.41. The maximum Gasteiger partial charge on any atom is 0.240 e. The third-order valence-corrected chi connectivity index (χ3v) is 5.42. The van der Waals surface area contributed by atoms with Gasteiger partial charge in [0.1, 0.15) is 0 Å². The number of carbonyl (C=O) groups is 1. The number of fused-ring (bicyclic) bond motifs is 1. The van der Waals surface area contributed by atoms with Gasteiger partial charge in [0.2, 0.25) is 5.91 Å². The van der Waals surface area contributed by atoms with Gasteiger partial charge in [-0.15, -0.1) is 11.3 Å². The summed E-state index contributed by atoms with van der Waals surface area (Å²) in [5.41, 5.74) is 2.26. The molecule has 130 valence electrons. The second-order valence-corrected chi connectivity index (χ2v) is 7.39. The van der Waals surface area contributed by atoms with Gasteiger partial charge in [0.15, 0.2) is 5.13 Å². The Bertz CT molecular complexity index is 836. The van der Waals surface area contributed by atoms with Gasteiger partial charge < -0.3 is 9.88 Å². The van der Waals surface area contributed by atoms with Crippen molar-refractivity contribution in [1.29, 1.82) is 0 Å². The predicted molar refractivity (Wildman–Crippen MR) is 99.6 cm³/mol. The molecule has 1 N–H and O–H groups in total. The molecule has 25 heavy (non-hydrogen) atoms. The number of amides is 1. The molecule has 7 heteroatoms. The first kappa shape index (κ1) is 16.2. The highest BCUT2D eigenvalue weighted by Crippen LogP contribution is 2.21. The molecule has 0 saturated carbocycles. The Morgan fingerprint density at radius 2 is 2.08 bits per heavy atom. The van der Waals surface area contributed by atoms with Crippen LogP contribution in [0.3, 0.4) is 0 Å². The van der Waals surface area contributed by atoms with Gasteiger partial charge >= 0.3 is 0 Å². The summed E-state index contributed by atoms with van der Waals surface area (Å²) < 4.78 is 2.25. The van der Waals surface area contributed by atoms with Crippen molar-refractivity contribution in [3.63, 3.8) is 0 Å². The van der Waals surface area contributed by atoms with Gasteiger partial charge in [0, 0.05) is 18.1 Å². The van der Waals surface area contributed by atoms with Crippen molar-refractivity contribution in [3.05, 3.63) is 42.2 Å². The van der Waals surface area contributed by atoms with E-state index in [-0.39, 0.29) is 5.91 Å². The summed E-state index contributed by atoms with van der Waals surface area (Å²) in [6.07, 6.45) is 5.86. The van der Waals surface area contributed by atoms with Gasteiger partial charge in [-0.05, 0) is 44.0 Å². The Morgan fingerprint density at radius 3 is 2.88 bits per heavy atom. The first-order chi connectivity index (χ1) is 12.3. The van der Waals surface area contributed by atoms with Crippen molar-refractivity contribution in [2.24, 2.45) is 5.92 Å². The lowest BCUT2D eigenvalue weighted by molar-refractivity contribution is -0.117. The zero-order chi connectivity index (χ0) is 17.1. The Labute approximate surface area is 150 Å². The van der Waals surface area contributed by atoms with E-state index in [1.807, 2.05) is 17.8 Å². The summed E-state index contributed by atoms with van der Waals surface area (Å²) in [7, 11) is 0. The highest BCUT2D eigenvalue weighted by Gasteiger charge is 2.21. The Balaban J connectivity index is 1.27. The van der Waals surface area contributed by atoms with Gasteiger partial charge in [-0.2, -0.15) is 0 Å². The van der Waals surface area contributed by atoms with E-state index < -0.39 is 0 Å². The molecule has 2 aromatic heterocycles. The zero-order valence-corrected chi connectivity index (χ0v) is 14.8. The van der Waals surface area contributed by atoms with E-state index >= 15 is 0 Å². The molecule has 4 rings (SSSR count). The molecule has 1 aromatic carbocycles. The summed E-state index contributed by atoms with van der Waals surface area (Å²) in [6, 6.07) is 8.26. The highest BCUT2D eigenvalue weighted by atomic mass is 32.1. The van der Waals surface area contributed by atoms with Gasteiger partial charge in [-0.1, -0.05) is 12.1 Å². The number of hydrogen-bond donors (Lipinski definition) is 1. The van der Waals surface area contributed by atoms with Crippen LogP contribution >= 0.6 is 11.3 Å². The van der Waals surface area contributed by atoms with Gasteiger partial charge in [-0.25, -0.2) is 9.97 Å². The monoisotopic (exact) mass is 355 g/mol. The van der Waals surface area contributed by atoms with Crippen LogP contribution in [0.4, 0.5) is 5.13 Å². The maximum absolute atomic E-state index is 12.1. The third kappa shape index (κ3) is 3.88. The minimum atomic E-state index is 0.0222. The van der Waals surface area contributed by atoms with E-state index in [1.54, 1.807) is 6.20 Å². The molecule has 1 aliphatic heterocycles. The molecule has 6 nitrogen and oxygen atoms in total. The normalized spacial score (nSPS) is 16.3. The average molecular weight is 355 g/mol. The molecule has 3 aromatic rings. The molecule has 0 bridgehead atoms. The SMILES string of the molecule is O=C(CN1CCC(Cn2cnc3ccccc32)CC1)Nc1nccs1. The molecule has 1 aliphatic rings. The number of para-hydroxylation sites is 2. The minimum absolute atomic E-state index is 0.0222. The van der Waals surface area contributed by atoms with Crippen molar-refractivity contribution in [2.75, 3.05) is 25.0 Å². The molecular formula is C18H21N5OS. The van der Waals surface area contributed by atoms with Crippen LogP contribution in [-0.2, 0) is 11.3 Å². The molecule has 0 unspecified atom stereocenters. The van der Waals surface area contributed by atoms with Crippen molar-refractivity contribution in [2.45, 2.75) is 19.4 Å². The van der Waals surface area contributed by atoms with Gasteiger partial charge in [0.05, 0.1) is 23.9 Å². The van der Waals surface area contributed by atoms with E-state index in [4.69, 9.17) is 0 Å². The number of benzene rings is 1. The predicted octanol–water partition coefficient (Wildman–Crippen LogP) is 2.84. The largest absolute Gasteiger partial charge is 0.330 e. The average Bonchev–Trinajstić information content (AvgIpc) is 3.27. The Hall–Kier alpha value is -2.25. The fraction of sp³-hybridized carbons (Fsp3) is 0.389. The molecule has 3 heterocycles. The summed E-state index contributed by atoms with van der Waals surface area (Å²) in [5.74, 6) is 0.657. The van der Waals surface area contributed by atoms with Crippen molar-refractivity contribution < 1.29 is 4.79 Å².